The average molecular weight is 215 g/mol. The third-order valence-corrected chi connectivity index (χ3v) is 3.56. The first-order valence-electron chi connectivity index (χ1n) is 6.24. The van der Waals surface area contributed by atoms with Crippen molar-refractivity contribution in [3.05, 3.63) is 47.0 Å². The predicted octanol–water partition coefficient (Wildman–Crippen LogP) is 3.53. The molecule has 0 saturated carbocycles. The van der Waals surface area contributed by atoms with Crippen molar-refractivity contribution in [2.75, 3.05) is 0 Å². The van der Waals surface area contributed by atoms with Crippen LogP contribution in [0, 0.1) is 0 Å². The molecule has 0 spiro atoms. The quantitative estimate of drug-likeness (QED) is 0.764. The summed E-state index contributed by atoms with van der Waals surface area (Å²) in [6.07, 6.45) is 5.71. The van der Waals surface area contributed by atoms with Crippen molar-refractivity contribution in [3.63, 3.8) is 0 Å². The van der Waals surface area contributed by atoms with Crippen LogP contribution in [-0.4, -0.2) is 0 Å². The third-order valence-electron chi connectivity index (χ3n) is 3.56. The molecule has 16 heavy (non-hydrogen) atoms. The van der Waals surface area contributed by atoms with Gasteiger partial charge in [0.2, 0.25) is 0 Å². The van der Waals surface area contributed by atoms with Crippen molar-refractivity contribution in [2.24, 2.45) is 5.73 Å². The predicted molar refractivity (Wildman–Crippen MR) is 69.4 cm³/mol. The maximum atomic E-state index is 6.20. The normalized spacial score (nSPS) is 15.9. The standard InChI is InChI=1S/C15H21N/c1-3-11(2)9-15(16)14-8-7-12-5-4-6-13(12)10-14/h7-8,10,15H,2-6,9,16H2,1H3. The molecule has 1 atom stereocenters. The van der Waals surface area contributed by atoms with E-state index in [2.05, 4.69) is 31.7 Å². The minimum atomic E-state index is 0.123. The van der Waals surface area contributed by atoms with E-state index in [9.17, 15) is 0 Å². The summed E-state index contributed by atoms with van der Waals surface area (Å²) < 4.78 is 0. The molecule has 1 aromatic carbocycles. The number of aryl methyl sites for hydroxylation is 2. The molecule has 1 unspecified atom stereocenters. The number of rotatable bonds is 4. The molecule has 0 bridgehead atoms. The molecule has 2 rings (SSSR count). The largest absolute Gasteiger partial charge is 0.324 e. The van der Waals surface area contributed by atoms with Crippen LogP contribution in [0.5, 0.6) is 0 Å². The summed E-state index contributed by atoms with van der Waals surface area (Å²) in [7, 11) is 0. The molecular formula is C15H21N. The Morgan fingerprint density at radius 1 is 1.38 bits per heavy atom. The van der Waals surface area contributed by atoms with Gasteiger partial charge in [-0.2, -0.15) is 0 Å². The number of fused-ring (bicyclic) bond motifs is 1. The first kappa shape index (κ1) is 11.4. The molecule has 1 aliphatic rings. The lowest BCUT2D eigenvalue weighted by Crippen LogP contribution is -2.11. The fourth-order valence-electron chi connectivity index (χ4n) is 2.40. The summed E-state index contributed by atoms with van der Waals surface area (Å²) >= 11 is 0. The van der Waals surface area contributed by atoms with Gasteiger partial charge in [0.25, 0.3) is 0 Å². The molecular weight excluding hydrogens is 194 g/mol. The van der Waals surface area contributed by atoms with Gasteiger partial charge in [-0.05, 0) is 48.8 Å². The monoisotopic (exact) mass is 215 g/mol. The second-order valence-corrected chi connectivity index (χ2v) is 4.80. The van der Waals surface area contributed by atoms with Crippen molar-refractivity contribution in [3.8, 4) is 0 Å². The molecule has 1 aromatic rings. The molecule has 0 amide bonds. The van der Waals surface area contributed by atoms with Crippen molar-refractivity contribution in [2.45, 2.75) is 45.1 Å². The highest BCUT2D eigenvalue weighted by molar-refractivity contribution is 5.36. The second kappa shape index (κ2) is 4.84. The summed E-state index contributed by atoms with van der Waals surface area (Å²) in [6, 6.07) is 6.87. The summed E-state index contributed by atoms with van der Waals surface area (Å²) in [6.45, 7) is 6.17. The van der Waals surface area contributed by atoms with Crippen LogP contribution in [-0.2, 0) is 12.8 Å². The highest BCUT2D eigenvalue weighted by Crippen LogP contribution is 2.27. The molecule has 1 heteroatoms. The fourth-order valence-corrected chi connectivity index (χ4v) is 2.40. The smallest absolute Gasteiger partial charge is 0.0332 e. The van der Waals surface area contributed by atoms with Crippen LogP contribution in [0.25, 0.3) is 0 Å². The third kappa shape index (κ3) is 2.35. The Morgan fingerprint density at radius 2 is 2.12 bits per heavy atom. The maximum absolute atomic E-state index is 6.20. The van der Waals surface area contributed by atoms with E-state index < -0.39 is 0 Å². The van der Waals surface area contributed by atoms with Crippen molar-refractivity contribution in [1.29, 1.82) is 0 Å². The first-order valence-corrected chi connectivity index (χ1v) is 6.24. The zero-order valence-corrected chi connectivity index (χ0v) is 10.1. The Balaban J connectivity index is 2.12. The Hall–Kier alpha value is -1.08. The Morgan fingerprint density at radius 3 is 2.88 bits per heavy atom. The second-order valence-electron chi connectivity index (χ2n) is 4.80. The number of hydrogen-bond donors (Lipinski definition) is 1. The van der Waals surface area contributed by atoms with Crippen LogP contribution in [0.4, 0.5) is 0 Å². The molecule has 1 nitrogen and oxygen atoms in total. The lowest BCUT2D eigenvalue weighted by atomic mass is 9.96. The summed E-state index contributed by atoms with van der Waals surface area (Å²) in [5.41, 5.74) is 11.7. The Labute approximate surface area is 98.4 Å². The lowest BCUT2D eigenvalue weighted by Gasteiger charge is -2.14. The first-order chi connectivity index (χ1) is 7.70. The van der Waals surface area contributed by atoms with Crippen molar-refractivity contribution >= 4 is 0 Å². The molecule has 0 fully saturated rings. The van der Waals surface area contributed by atoms with Crippen molar-refractivity contribution < 1.29 is 0 Å². The summed E-state index contributed by atoms with van der Waals surface area (Å²) in [5, 5.41) is 0. The topological polar surface area (TPSA) is 26.0 Å². The number of hydrogen-bond acceptors (Lipinski definition) is 1. The fraction of sp³-hybridized carbons (Fsp3) is 0.467. The van der Waals surface area contributed by atoms with Gasteiger partial charge in [-0.1, -0.05) is 37.3 Å². The molecule has 0 saturated heterocycles. The minimum absolute atomic E-state index is 0.123. The van der Waals surface area contributed by atoms with Crippen LogP contribution < -0.4 is 5.73 Å². The van der Waals surface area contributed by atoms with Crippen molar-refractivity contribution in [1.82, 2.24) is 0 Å². The summed E-state index contributed by atoms with van der Waals surface area (Å²) in [4.78, 5) is 0. The van der Waals surface area contributed by atoms with E-state index in [4.69, 9.17) is 5.73 Å². The minimum Gasteiger partial charge on any atom is -0.324 e. The molecule has 0 aromatic heterocycles. The van der Waals surface area contributed by atoms with Crippen LogP contribution in [0.3, 0.4) is 0 Å². The van der Waals surface area contributed by atoms with E-state index >= 15 is 0 Å². The van der Waals surface area contributed by atoms with Crippen LogP contribution >= 0.6 is 0 Å². The molecule has 2 N–H and O–H groups in total. The molecule has 86 valence electrons. The van der Waals surface area contributed by atoms with Gasteiger partial charge in [0.05, 0.1) is 0 Å². The average Bonchev–Trinajstić information content (AvgIpc) is 2.75. The highest BCUT2D eigenvalue weighted by atomic mass is 14.6. The molecule has 0 heterocycles. The van der Waals surface area contributed by atoms with Crippen LogP contribution in [0.1, 0.15) is 48.9 Å². The highest BCUT2D eigenvalue weighted by Gasteiger charge is 2.13. The van der Waals surface area contributed by atoms with E-state index in [1.165, 1.54) is 41.5 Å². The number of benzene rings is 1. The van der Waals surface area contributed by atoms with E-state index in [-0.39, 0.29) is 6.04 Å². The molecule has 0 radical (unpaired) electrons. The van der Waals surface area contributed by atoms with E-state index in [1.54, 1.807) is 0 Å². The molecule has 0 aliphatic heterocycles. The SMILES string of the molecule is C=C(CC)CC(N)c1ccc2c(c1)CCC2. The van der Waals surface area contributed by atoms with Gasteiger partial charge in [0.15, 0.2) is 0 Å². The Bertz CT molecular complexity index is 392. The summed E-state index contributed by atoms with van der Waals surface area (Å²) in [5.74, 6) is 0. The van der Waals surface area contributed by atoms with Gasteiger partial charge < -0.3 is 5.73 Å². The van der Waals surface area contributed by atoms with Crippen LogP contribution in [0.2, 0.25) is 0 Å². The van der Waals surface area contributed by atoms with E-state index in [0.29, 0.717) is 0 Å². The lowest BCUT2D eigenvalue weighted by molar-refractivity contribution is 0.700. The van der Waals surface area contributed by atoms with Gasteiger partial charge in [-0.25, -0.2) is 0 Å². The zero-order valence-electron chi connectivity index (χ0n) is 10.1. The zero-order chi connectivity index (χ0) is 11.5. The maximum Gasteiger partial charge on any atom is 0.0332 e. The van der Waals surface area contributed by atoms with Gasteiger partial charge in [-0.15, -0.1) is 0 Å². The van der Waals surface area contributed by atoms with Crippen LogP contribution in [0.15, 0.2) is 30.4 Å². The van der Waals surface area contributed by atoms with Gasteiger partial charge in [0.1, 0.15) is 0 Å². The van der Waals surface area contributed by atoms with Gasteiger partial charge >= 0.3 is 0 Å². The number of nitrogens with two attached hydrogens (primary N) is 1. The molecule has 1 aliphatic carbocycles. The van der Waals surface area contributed by atoms with Gasteiger partial charge in [-0.3, -0.25) is 0 Å². The Kier molecular flexibility index (Phi) is 3.45. The van der Waals surface area contributed by atoms with E-state index in [0.717, 1.165) is 12.8 Å². The van der Waals surface area contributed by atoms with E-state index in [1.807, 2.05) is 0 Å². The van der Waals surface area contributed by atoms with Gasteiger partial charge in [0, 0.05) is 6.04 Å².